The van der Waals surface area contributed by atoms with Gasteiger partial charge in [0.05, 0.1) is 17.8 Å². The lowest BCUT2D eigenvalue weighted by molar-refractivity contribution is -0.307. The van der Waals surface area contributed by atoms with Crippen molar-refractivity contribution in [1.29, 1.82) is 0 Å². The Hall–Kier alpha value is -1.86. The summed E-state index contributed by atoms with van der Waals surface area (Å²) in [5.74, 6) is -1.27. The van der Waals surface area contributed by atoms with E-state index in [4.69, 9.17) is 23.7 Å². The van der Waals surface area contributed by atoms with Crippen molar-refractivity contribution in [2.45, 2.75) is 127 Å². The minimum absolute atomic E-state index is 0.0379. The van der Waals surface area contributed by atoms with Gasteiger partial charge in [0.15, 0.2) is 6.29 Å². The molecule has 4 aliphatic carbocycles. The van der Waals surface area contributed by atoms with Crippen molar-refractivity contribution in [2.24, 2.45) is 22.7 Å². The number of rotatable bonds is 5. The number of hydrogen-bond acceptors (Lipinski definition) is 11. The Balaban J connectivity index is 1.32. The molecule has 0 bridgehead atoms. The summed E-state index contributed by atoms with van der Waals surface area (Å²) in [6.07, 6.45) is 0.937. The molecule has 0 spiro atoms. The minimum atomic E-state index is -1.54. The molecule has 4 N–H and O–H groups in total. The van der Waals surface area contributed by atoms with E-state index in [2.05, 4.69) is 6.92 Å². The van der Waals surface area contributed by atoms with Crippen LogP contribution in [0.5, 0.6) is 0 Å². The van der Waals surface area contributed by atoms with E-state index in [-0.39, 0.29) is 30.8 Å². The molecule has 6 aliphatic rings. The van der Waals surface area contributed by atoms with Crippen LogP contribution in [0.3, 0.4) is 0 Å². The first-order valence-electron chi connectivity index (χ1n) is 15.6. The van der Waals surface area contributed by atoms with Crippen LogP contribution in [0.15, 0.2) is 23.3 Å². The van der Waals surface area contributed by atoms with Gasteiger partial charge in [-0.3, -0.25) is 4.79 Å². The molecule has 11 nitrogen and oxygen atoms in total. The van der Waals surface area contributed by atoms with Crippen LogP contribution in [0.25, 0.3) is 0 Å². The first kappa shape index (κ1) is 31.1. The van der Waals surface area contributed by atoms with Gasteiger partial charge in [0, 0.05) is 31.9 Å². The second kappa shape index (κ2) is 10.6. The summed E-state index contributed by atoms with van der Waals surface area (Å²) in [5, 5.41) is 46.6. The summed E-state index contributed by atoms with van der Waals surface area (Å²) >= 11 is 0. The van der Waals surface area contributed by atoms with Crippen molar-refractivity contribution in [1.82, 2.24) is 0 Å². The van der Waals surface area contributed by atoms with Crippen LogP contribution in [0.2, 0.25) is 0 Å². The summed E-state index contributed by atoms with van der Waals surface area (Å²) in [5.41, 5.74) is -2.59. The van der Waals surface area contributed by atoms with Crippen LogP contribution in [0.1, 0.15) is 72.6 Å². The number of carbonyl (C=O) groups is 2. The third kappa shape index (κ3) is 4.48. The van der Waals surface area contributed by atoms with E-state index in [0.29, 0.717) is 38.5 Å². The maximum atomic E-state index is 12.7. The number of carbonyl (C=O) groups excluding carboxylic acids is 2. The molecular formula is C32H46O11. The molecule has 0 aromatic carbocycles. The first-order chi connectivity index (χ1) is 20.2. The summed E-state index contributed by atoms with van der Waals surface area (Å²) in [6.45, 7) is 7.33. The van der Waals surface area contributed by atoms with Crippen molar-refractivity contribution in [3.8, 4) is 0 Å². The molecule has 0 radical (unpaired) electrons. The van der Waals surface area contributed by atoms with E-state index >= 15 is 0 Å². The highest BCUT2D eigenvalue weighted by Crippen LogP contribution is 2.71. The minimum Gasteiger partial charge on any atom is -0.458 e. The highest BCUT2D eigenvalue weighted by Gasteiger charge is 2.75. The smallest absolute Gasteiger partial charge is 0.331 e. The Morgan fingerprint density at radius 2 is 1.81 bits per heavy atom. The fraction of sp³-hybridized carbons (Fsp3) is 0.812. The second-order valence-electron chi connectivity index (χ2n) is 14.2. The molecule has 0 amide bonds. The third-order valence-corrected chi connectivity index (χ3v) is 12.1. The Labute approximate surface area is 252 Å². The second-order valence-corrected chi connectivity index (χ2v) is 14.2. The summed E-state index contributed by atoms with van der Waals surface area (Å²) in [6, 6.07) is 0. The maximum Gasteiger partial charge on any atom is 0.331 e. The molecule has 11 heteroatoms. The Bertz CT molecular complexity index is 1220. The van der Waals surface area contributed by atoms with Gasteiger partial charge in [0.2, 0.25) is 0 Å². The normalized spacial score (nSPS) is 51.0. The third-order valence-electron chi connectivity index (χ3n) is 12.1. The maximum absolute atomic E-state index is 12.7. The average molecular weight is 607 g/mol. The van der Waals surface area contributed by atoms with Crippen LogP contribution >= 0.6 is 0 Å². The Morgan fingerprint density at radius 1 is 1.07 bits per heavy atom. The fourth-order valence-electron chi connectivity index (χ4n) is 9.93. The van der Waals surface area contributed by atoms with Crippen LogP contribution < -0.4 is 0 Å². The van der Waals surface area contributed by atoms with E-state index in [9.17, 15) is 30.0 Å². The van der Waals surface area contributed by atoms with Gasteiger partial charge in [-0.15, -0.1) is 0 Å². The van der Waals surface area contributed by atoms with Crippen molar-refractivity contribution in [3.05, 3.63) is 23.3 Å². The quantitative estimate of drug-likeness (QED) is 0.266. The van der Waals surface area contributed by atoms with E-state index < -0.39 is 70.9 Å². The molecule has 0 aromatic heterocycles. The highest BCUT2D eigenvalue weighted by molar-refractivity contribution is 5.85. The molecule has 3 unspecified atom stereocenters. The molecule has 2 heterocycles. The number of aliphatic hydroxyl groups excluding tert-OH is 2. The predicted octanol–water partition coefficient (Wildman–Crippen LogP) is 1.69. The number of cyclic esters (lactones) is 1. The molecule has 240 valence electrons. The largest absolute Gasteiger partial charge is 0.458 e. The number of hydrogen-bond donors (Lipinski definition) is 4. The van der Waals surface area contributed by atoms with Crippen LogP contribution in [0.4, 0.5) is 0 Å². The van der Waals surface area contributed by atoms with Crippen molar-refractivity contribution >= 4 is 11.9 Å². The Morgan fingerprint density at radius 3 is 2.47 bits per heavy atom. The molecular weight excluding hydrogens is 560 g/mol. The van der Waals surface area contributed by atoms with Gasteiger partial charge < -0.3 is 44.1 Å². The van der Waals surface area contributed by atoms with E-state index in [0.717, 1.165) is 11.1 Å². The highest BCUT2D eigenvalue weighted by atomic mass is 16.7. The number of esters is 2. The predicted molar refractivity (Wildman–Crippen MR) is 150 cm³/mol. The standard InChI is InChI=1S/C32H46O11/c1-16-25(35)27(39-5)26(36)28(41-16)43-19-6-9-29(3)21(13-19)22(42-17(2)33)14-31(37)23(29)8-10-30(4)20(7-11-32(30,31)38)18-12-24(34)40-15-18/h12-13,16,19-20,22-23,25-28,35-38H,6-11,14-15H2,1-5H3/t16-,19+,20-,22?,23?,25+,26-,27+,28+,29+,30-,31?,32-/m1/s1. The molecule has 2 aliphatic heterocycles. The molecule has 43 heavy (non-hydrogen) atoms. The number of fused-ring (bicyclic) bond motifs is 5. The van der Waals surface area contributed by atoms with Crippen molar-refractivity contribution < 1.29 is 53.7 Å². The Kier molecular flexibility index (Phi) is 7.68. The van der Waals surface area contributed by atoms with E-state index in [1.165, 1.54) is 20.1 Å². The van der Waals surface area contributed by atoms with Crippen LogP contribution in [-0.4, -0.2) is 100 Å². The summed E-state index contributed by atoms with van der Waals surface area (Å²) in [7, 11) is 1.42. The lowest BCUT2D eigenvalue weighted by Crippen LogP contribution is -2.73. The van der Waals surface area contributed by atoms with Gasteiger partial charge in [-0.25, -0.2) is 4.79 Å². The van der Waals surface area contributed by atoms with Crippen LogP contribution in [0, 0.1) is 22.7 Å². The topological polar surface area (TPSA) is 161 Å². The zero-order valence-electron chi connectivity index (χ0n) is 25.7. The lowest BCUT2D eigenvalue weighted by Gasteiger charge is -2.66. The van der Waals surface area contributed by atoms with Gasteiger partial charge in [0.1, 0.15) is 36.6 Å². The van der Waals surface area contributed by atoms with E-state index in [1.807, 2.05) is 13.0 Å². The number of methoxy groups -OCH3 is 1. The summed E-state index contributed by atoms with van der Waals surface area (Å²) < 4.78 is 28.5. The number of aliphatic hydroxyl groups is 4. The van der Waals surface area contributed by atoms with Gasteiger partial charge in [-0.2, -0.15) is 0 Å². The SMILES string of the molecule is CO[C@H]1[C@@H](O)[C@@H](C)O[C@@H](O[C@@H]2C=C3C(OC(C)=O)CC4(O)C(CC[C@]5(C)[C@@H](C6=CC(=O)OC6)CC[C@]45O)[C@@]3(C)CC2)[C@@H]1O. The van der Waals surface area contributed by atoms with Gasteiger partial charge >= 0.3 is 11.9 Å². The molecule has 6 rings (SSSR count). The zero-order chi connectivity index (χ0) is 31.1. The van der Waals surface area contributed by atoms with Crippen molar-refractivity contribution in [2.75, 3.05) is 13.7 Å². The number of ether oxygens (including phenoxy) is 5. The molecule has 4 fully saturated rings. The monoisotopic (exact) mass is 606 g/mol. The first-order valence-corrected chi connectivity index (χ1v) is 15.6. The van der Waals surface area contributed by atoms with Crippen LogP contribution in [-0.2, 0) is 33.3 Å². The molecule has 3 saturated carbocycles. The van der Waals surface area contributed by atoms with Gasteiger partial charge in [0.25, 0.3) is 0 Å². The van der Waals surface area contributed by atoms with Gasteiger partial charge in [-0.1, -0.05) is 19.9 Å². The zero-order valence-corrected chi connectivity index (χ0v) is 25.7. The summed E-state index contributed by atoms with van der Waals surface area (Å²) in [4.78, 5) is 24.3. The van der Waals surface area contributed by atoms with E-state index in [1.54, 1.807) is 6.92 Å². The average Bonchev–Trinajstić information content (AvgIpc) is 3.48. The molecule has 0 aromatic rings. The fourth-order valence-corrected chi connectivity index (χ4v) is 9.93. The molecule has 13 atom stereocenters. The molecule has 1 saturated heterocycles. The lowest BCUT2D eigenvalue weighted by atomic mass is 9.42. The van der Waals surface area contributed by atoms with Gasteiger partial charge in [-0.05, 0) is 73.8 Å². The van der Waals surface area contributed by atoms with Crippen molar-refractivity contribution in [3.63, 3.8) is 0 Å².